The number of hydrogen-bond acceptors (Lipinski definition) is 3. The Hall–Kier alpha value is -2.49. The van der Waals surface area contributed by atoms with Crippen LogP contribution in [0.3, 0.4) is 0 Å². The smallest absolute Gasteiger partial charge is 0.303 e. The van der Waals surface area contributed by atoms with Crippen LogP contribution in [-0.4, -0.2) is 16.2 Å². The number of carbonyl (C=O) groups is 1. The fraction of sp³-hybridized carbons (Fsp3) is 0.133. The van der Waals surface area contributed by atoms with Crippen LogP contribution in [0.1, 0.15) is 12.0 Å². The summed E-state index contributed by atoms with van der Waals surface area (Å²) in [6.07, 6.45) is 0.632. The van der Waals surface area contributed by atoms with E-state index in [1.165, 1.54) is 0 Å². The van der Waals surface area contributed by atoms with Crippen LogP contribution in [0.2, 0.25) is 0 Å². The monoisotopic (exact) mass is 258 g/mol. The maximum Gasteiger partial charge on any atom is 0.303 e. The number of carboxylic acids is 1. The highest BCUT2D eigenvalue weighted by Crippen LogP contribution is 2.23. The largest absolute Gasteiger partial charge is 0.508 e. The van der Waals surface area contributed by atoms with E-state index in [1.54, 1.807) is 36.4 Å². The fourth-order valence-electron chi connectivity index (χ4n) is 1.63. The van der Waals surface area contributed by atoms with Crippen molar-refractivity contribution in [1.82, 2.24) is 0 Å². The average Bonchev–Trinajstić information content (AvgIpc) is 2.40. The first-order valence-electron chi connectivity index (χ1n) is 5.91. The first kappa shape index (κ1) is 13.0. The van der Waals surface area contributed by atoms with Crippen LogP contribution in [0.15, 0.2) is 48.5 Å². The van der Waals surface area contributed by atoms with Crippen LogP contribution in [0.4, 0.5) is 0 Å². The molecule has 4 nitrogen and oxygen atoms in total. The van der Waals surface area contributed by atoms with E-state index in [0.29, 0.717) is 17.9 Å². The molecule has 0 saturated heterocycles. The predicted octanol–water partition coefficient (Wildman–Crippen LogP) is 3.20. The van der Waals surface area contributed by atoms with Crippen molar-refractivity contribution in [1.29, 1.82) is 0 Å². The molecule has 0 aromatic heterocycles. The second-order valence-electron chi connectivity index (χ2n) is 4.13. The van der Waals surface area contributed by atoms with Crippen molar-refractivity contribution in [2.75, 3.05) is 0 Å². The van der Waals surface area contributed by atoms with Crippen molar-refractivity contribution in [3.63, 3.8) is 0 Å². The molecule has 19 heavy (non-hydrogen) atoms. The molecule has 0 radical (unpaired) electrons. The number of ether oxygens (including phenoxy) is 1. The topological polar surface area (TPSA) is 66.8 Å². The summed E-state index contributed by atoms with van der Waals surface area (Å²) in [5, 5.41) is 17.8. The molecular weight excluding hydrogens is 244 g/mol. The van der Waals surface area contributed by atoms with Crippen LogP contribution >= 0.6 is 0 Å². The SMILES string of the molecule is O=C(O)CCc1ccc(Oc2ccc(O)cc2)cc1. The van der Waals surface area contributed by atoms with Crippen LogP contribution in [0.5, 0.6) is 17.2 Å². The Kier molecular flexibility index (Phi) is 4.03. The molecule has 0 saturated carbocycles. The zero-order valence-corrected chi connectivity index (χ0v) is 10.2. The summed E-state index contributed by atoms with van der Waals surface area (Å²) in [6.45, 7) is 0. The summed E-state index contributed by atoms with van der Waals surface area (Å²) >= 11 is 0. The molecule has 0 bridgehead atoms. The molecule has 0 fully saturated rings. The lowest BCUT2D eigenvalue weighted by molar-refractivity contribution is -0.136. The van der Waals surface area contributed by atoms with Gasteiger partial charge in [0.15, 0.2) is 0 Å². The first-order valence-corrected chi connectivity index (χ1v) is 5.91. The summed E-state index contributed by atoms with van der Waals surface area (Å²) in [5.74, 6) is 0.696. The Morgan fingerprint density at radius 3 is 2.00 bits per heavy atom. The minimum Gasteiger partial charge on any atom is -0.508 e. The number of phenolic OH excluding ortho intramolecular Hbond substituents is 1. The van der Waals surface area contributed by atoms with Crippen LogP contribution in [-0.2, 0) is 11.2 Å². The highest BCUT2D eigenvalue weighted by molar-refractivity contribution is 5.67. The molecular formula is C15H14O4. The van der Waals surface area contributed by atoms with Gasteiger partial charge in [-0.15, -0.1) is 0 Å². The van der Waals surface area contributed by atoms with Crippen molar-refractivity contribution in [3.05, 3.63) is 54.1 Å². The van der Waals surface area contributed by atoms with E-state index < -0.39 is 5.97 Å². The number of benzene rings is 2. The quantitative estimate of drug-likeness (QED) is 0.864. The van der Waals surface area contributed by atoms with Gasteiger partial charge in [-0.3, -0.25) is 4.79 Å². The second kappa shape index (κ2) is 5.91. The van der Waals surface area contributed by atoms with Crippen molar-refractivity contribution < 1.29 is 19.7 Å². The van der Waals surface area contributed by atoms with Crippen molar-refractivity contribution in [2.24, 2.45) is 0 Å². The molecule has 0 amide bonds. The minimum absolute atomic E-state index is 0.123. The van der Waals surface area contributed by atoms with Crippen molar-refractivity contribution >= 4 is 5.97 Å². The number of carboxylic acid groups (broad SMARTS) is 1. The lowest BCUT2D eigenvalue weighted by Crippen LogP contribution is -1.97. The Bertz CT molecular complexity index is 543. The molecule has 2 aromatic rings. The Morgan fingerprint density at radius 2 is 1.47 bits per heavy atom. The van der Waals surface area contributed by atoms with Gasteiger partial charge in [0.05, 0.1) is 0 Å². The van der Waals surface area contributed by atoms with Crippen LogP contribution in [0, 0.1) is 0 Å². The molecule has 2 aromatic carbocycles. The third kappa shape index (κ3) is 4.03. The molecule has 2 rings (SSSR count). The van der Waals surface area contributed by atoms with Gasteiger partial charge in [0.1, 0.15) is 17.2 Å². The van der Waals surface area contributed by atoms with Crippen molar-refractivity contribution in [3.8, 4) is 17.2 Å². The summed E-state index contributed by atoms with van der Waals surface area (Å²) < 4.78 is 5.59. The van der Waals surface area contributed by atoms with Gasteiger partial charge in [0.2, 0.25) is 0 Å². The molecule has 0 heterocycles. The predicted molar refractivity (Wildman–Crippen MR) is 70.6 cm³/mol. The van der Waals surface area contributed by atoms with Gasteiger partial charge in [-0.25, -0.2) is 0 Å². The Labute approximate surface area is 110 Å². The van der Waals surface area contributed by atoms with E-state index in [-0.39, 0.29) is 12.2 Å². The Morgan fingerprint density at radius 1 is 0.947 bits per heavy atom. The zero-order valence-electron chi connectivity index (χ0n) is 10.2. The van der Waals surface area contributed by atoms with Gasteiger partial charge in [0.25, 0.3) is 0 Å². The molecule has 0 atom stereocenters. The molecule has 2 N–H and O–H groups in total. The lowest BCUT2D eigenvalue weighted by atomic mass is 10.1. The normalized spacial score (nSPS) is 10.1. The van der Waals surface area contributed by atoms with Gasteiger partial charge in [-0.1, -0.05) is 12.1 Å². The summed E-state index contributed by atoms with van der Waals surface area (Å²) in [7, 11) is 0. The van der Waals surface area contributed by atoms with E-state index in [9.17, 15) is 4.79 Å². The van der Waals surface area contributed by atoms with Gasteiger partial charge in [0, 0.05) is 6.42 Å². The maximum atomic E-state index is 10.5. The highest BCUT2D eigenvalue weighted by Gasteiger charge is 2.01. The average molecular weight is 258 g/mol. The van der Waals surface area contributed by atoms with Gasteiger partial charge < -0.3 is 14.9 Å². The molecule has 4 heteroatoms. The van der Waals surface area contributed by atoms with Crippen molar-refractivity contribution in [2.45, 2.75) is 12.8 Å². The summed E-state index contributed by atoms with van der Waals surface area (Å²) in [4.78, 5) is 10.5. The first-order chi connectivity index (χ1) is 9.13. The molecule has 0 aliphatic rings. The van der Waals surface area contributed by atoms with Gasteiger partial charge in [-0.05, 0) is 48.4 Å². The molecule has 0 spiro atoms. The van der Waals surface area contributed by atoms with E-state index in [2.05, 4.69) is 0 Å². The number of aryl methyl sites for hydroxylation is 1. The number of aliphatic carboxylic acids is 1. The maximum absolute atomic E-state index is 10.5. The van der Waals surface area contributed by atoms with Crippen LogP contribution < -0.4 is 4.74 Å². The summed E-state index contributed by atoms with van der Waals surface area (Å²) in [6, 6.07) is 13.7. The molecule has 0 aliphatic heterocycles. The zero-order chi connectivity index (χ0) is 13.7. The number of phenols is 1. The van der Waals surface area contributed by atoms with Gasteiger partial charge >= 0.3 is 5.97 Å². The van der Waals surface area contributed by atoms with E-state index in [4.69, 9.17) is 14.9 Å². The number of hydrogen-bond donors (Lipinski definition) is 2. The van der Waals surface area contributed by atoms with Crippen LogP contribution in [0.25, 0.3) is 0 Å². The molecule has 0 unspecified atom stereocenters. The highest BCUT2D eigenvalue weighted by atomic mass is 16.5. The number of aromatic hydroxyl groups is 1. The molecule has 98 valence electrons. The minimum atomic E-state index is -0.801. The third-order valence-corrected chi connectivity index (χ3v) is 2.62. The standard InChI is InChI=1S/C15H14O4/c16-12-4-8-14(9-5-12)19-13-6-1-11(2-7-13)3-10-15(17)18/h1-2,4-9,16H,3,10H2,(H,17,18). The molecule has 0 aliphatic carbocycles. The Balaban J connectivity index is 1.98. The fourth-order valence-corrected chi connectivity index (χ4v) is 1.63. The number of rotatable bonds is 5. The van der Waals surface area contributed by atoms with E-state index >= 15 is 0 Å². The lowest BCUT2D eigenvalue weighted by Gasteiger charge is -2.06. The van der Waals surface area contributed by atoms with Gasteiger partial charge in [-0.2, -0.15) is 0 Å². The summed E-state index contributed by atoms with van der Waals surface area (Å²) in [5.41, 5.74) is 0.959. The van der Waals surface area contributed by atoms with E-state index in [1.807, 2.05) is 12.1 Å². The van der Waals surface area contributed by atoms with E-state index in [0.717, 1.165) is 5.56 Å². The third-order valence-electron chi connectivity index (χ3n) is 2.62. The second-order valence-corrected chi connectivity index (χ2v) is 4.13.